The number of imidazole rings is 1. The van der Waals surface area contributed by atoms with Crippen molar-refractivity contribution in [2.45, 2.75) is 66.0 Å². The van der Waals surface area contributed by atoms with E-state index in [1.54, 1.807) is 11.5 Å². The van der Waals surface area contributed by atoms with Crippen molar-refractivity contribution in [3.8, 4) is 11.3 Å². The lowest BCUT2D eigenvalue weighted by atomic mass is 10.1. The number of nitrogens with zero attached hydrogens (tertiary/aromatic N) is 4. The molecule has 0 saturated carbocycles. The lowest BCUT2D eigenvalue weighted by Crippen LogP contribution is -2.40. The molecule has 2 N–H and O–H groups in total. The quantitative estimate of drug-likeness (QED) is 0.392. The minimum Gasteiger partial charge on any atom is -0.336 e. The predicted octanol–water partition coefficient (Wildman–Crippen LogP) is 3.72. The molecule has 0 fully saturated rings. The summed E-state index contributed by atoms with van der Waals surface area (Å²) in [5.41, 5.74) is 4.42. The number of hydrogen-bond donors (Lipinski definition) is 2. The number of aryl methyl sites for hydroxylation is 4. The van der Waals surface area contributed by atoms with Crippen LogP contribution in [0.2, 0.25) is 0 Å². The zero-order valence-electron chi connectivity index (χ0n) is 18.9. The van der Waals surface area contributed by atoms with E-state index in [0.717, 1.165) is 36.2 Å². The first kappa shape index (κ1) is 21.8. The Morgan fingerprint density at radius 3 is 2.47 bits per heavy atom. The van der Waals surface area contributed by atoms with Crippen molar-refractivity contribution in [3.63, 3.8) is 0 Å². The summed E-state index contributed by atoms with van der Waals surface area (Å²) in [6.07, 6.45) is 4.32. The molecule has 8 nitrogen and oxygen atoms in total. The molecule has 0 unspecified atom stereocenters. The molecule has 0 aliphatic heterocycles. The highest BCUT2D eigenvalue weighted by Crippen LogP contribution is 2.18. The van der Waals surface area contributed by atoms with Crippen LogP contribution in [0.25, 0.3) is 22.4 Å². The number of H-pyrrole nitrogens is 2. The minimum atomic E-state index is -0.303. The minimum absolute atomic E-state index is 0.282. The maximum Gasteiger partial charge on any atom is 0.332 e. The second-order valence-electron chi connectivity index (χ2n) is 8.37. The normalized spacial score (nSPS) is 11.5. The SMILES string of the molecule is CCCCCn1c(=O)n(CCCc2cc(-c3ccc(C)cc3)n[nH]2)c(=O)c2[nH]c(C)nc21. The van der Waals surface area contributed by atoms with Gasteiger partial charge < -0.3 is 4.98 Å². The first-order valence-corrected chi connectivity index (χ1v) is 11.3. The average Bonchev–Trinajstić information content (AvgIpc) is 3.40. The number of hydrogen-bond acceptors (Lipinski definition) is 4. The molecule has 4 aromatic rings. The third-order valence-corrected chi connectivity index (χ3v) is 5.77. The van der Waals surface area contributed by atoms with E-state index < -0.39 is 0 Å². The Kier molecular flexibility index (Phi) is 6.39. The Hall–Kier alpha value is -3.42. The second kappa shape index (κ2) is 9.38. The molecule has 168 valence electrons. The molecular formula is C24H30N6O2. The molecule has 8 heteroatoms. The summed E-state index contributed by atoms with van der Waals surface area (Å²) in [7, 11) is 0. The van der Waals surface area contributed by atoms with Crippen LogP contribution in [0.1, 0.15) is 49.7 Å². The molecule has 0 bridgehead atoms. The van der Waals surface area contributed by atoms with Crippen molar-refractivity contribution < 1.29 is 0 Å². The Morgan fingerprint density at radius 1 is 0.969 bits per heavy atom. The van der Waals surface area contributed by atoms with Crippen LogP contribution in [-0.4, -0.2) is 29.3 Å². The van der Waals surface area contributed by atoms with E-state index in [-0.39, 0.29) is 11.2 Å². The number of benzene rings is 1. The summed E-state index contributed by atoms with van der Waals surface area (Å²) in [4.78, 5) is 33.5. The average molecular weight is 435 g/mol. The fourth-order valence-electron chi connectivity index (χ4n) is 3.99. The Bertz CT molecular complexity index is 1320. The van der Waals surface area contributed by atoms with Gasteiger partial charge in [0, 0.05) is 24.3 Å². The van der Waals surface area contributed by atoms with Gasteiger partial charge in [-0.05, 0) is 39.2 Å². The standard InChI is InChI=1S/C24H30N6O2/c1-4-5-6-13-29-22-21(25-17(3)26-22)23(31)30(24(29)32)14-7-8-19-15-20(28-27-19)18-11-9-16(2)10-12-18/h9-12,15H,4-8,13-14H2,1-3H3,(H,25,26)(H,27,28). The summed E-state index contributed by atoms with van der Waals surface area (Å²) in [5.74, 6) is 0.639. The zero-order chi connectivity index (χ0) is 22.7. The lowest BCUT2D eigenvalue weighted by molar-refractivity contribution is 0.525. The highest BCUT2D eigenvalue weighted by molar-refractivity contribution is 5.69. The van der Waals surface area contributed by atoms with Gasteiger partial charge in [0.1, 0.15) is 11.3 Å². The van der Waals surface area contributed by atoms with Gasteiger partial charge in [0.15, 0.2) is 5.65 Å². The Labute approximate surface area is 186 Å². The summed E-state index contributed by atoms with van der Waals surface area (Å²) < 4.78 is 2.98. The smallest absolute Gasteiger partial charge is 0.332 e. The molecule has 4 rings (SSSR count). The van der Waals surface area contributed by atoms with Crippen LogP contribution in [0, 0.1) is 13.8 Å². The van der Waals surface area contributed by atoms with Crippen molar-refractivity contribution in [3.05, 3.63) is 68.3 Å². The zero-order valence-corrected chi connectivity index (χ0v) is 18.9. The molecule has 3 aromatic heterocycles. The summed E-state index contributed by atoms with van der Waals surface area (Å²) in [6, 6.07) is 10.3. The van der Waals surface area contributed by atoms with Gasteiger partial charge in [-0.15, -0.1) is 0 Å². The third kappa shape index (κ3) is 4.44. The van der Waals surface area contributed by atoms with E-state index in [4.69, 9.17) is 0 Å². The first-order chi connectivity index (χ1) is 15.5. The molecular weight excluding hydrogens is 404 g/mol. The van der Waals surface area contributed by atoms with E-state index in [9.17, 15) is 9.59 Å². The predicted molar refractivity (Wildman–Crippen MR) is 126 cm³/mol. The van der Waals surface area contributed by atoms with Crippen molar-refractivity contribution in [2.24, 2.45) is 0 Å². The molecule has 0 spiro atoms. The van der Waals surface area contributed by atoms with Gasteiger partial charge in [0.25, 0.3) is 5.56 Å². The van der Waals surface area contributed by atoms with E-state index in [1.165, 1.54) is 10.1 Å². The topological polar surface area (TPSA) is 101 Å². The van der Waals surface area contributed by atoms with Crippen LogP contribution in [0.15, 0.2) is 39.9 Å². The van der Waals surface area contributed by atoms with Crippen molar-refractivity contribution in [2.75, 3.05) is 0 Å². The van der Waals surface area contributed by atoms with Gasteiger partial charge in [-0.25, -0.2) is 9.78 Å². The fraction of sp³-hybridized carbons (Fsp3) is 0.417. The van der Waals surface area contributed by atoms with Crippen molar-refractivity contribution in [1.29, 1.82) is 0 Å². The summed E-state index contributed by atoms with van der Waals surface area (Å²) in [5, 5.41) is 7.48. The molecule has 1 aromatic carbocycles. The maximum atomic E-state index is 13.1. The van der Waals surface area contributed by atoms with Crippen LogP contribution >= 0.6 is 0 Å². The fourth-order valence-corrected chi connectivity index (χ4v) is 3.99. The van der Waals surface area contributed by atoms with Crippen LogP contribution in [-0.2, 0) is 19.5 Å². The molecule has 0 saturated heterocycles. The Balaban J connectivity index is 1.52. The van der Waals surface area contributed by atoms with Crippen molar-refractivity contribution >= 4 is 11.2 Å². The highest BCUT2D eigenvalue weighted by atomic mass is 16.2. The molecule has 0 aliphatic carbocycles. The number of aromatic nitrogens is 6. The van der Waals surface area contributed by atoms with Gasteiger partial charge in [-0.2, -0.15) is 5.10 Å². The first-order valence-electron chi connectivity index (χ1n) is 11.3. The second-order valence-corrected chi connectivity index (χ2v) is 8.37. The van der Waals surface area contributed by atoms with E-state index >= 15 is 0 Å². The highest BCUT2D eigenvalue weighted by Gasteiger charge is 2.16. The van der Waals surface area contributed by atoms with Crippen molar-refractivity contribution in [1.82, 2.24) is 29.3 Å². The van der Waals surface area contributed by atoms with Crippen LogP contribution in [0.4, 0.5) is 0 Å². The van der Waals surface area contributed by atoms with Gasteiger partial charge >= 0.3 is 5.69 Å². The summed E-state index contributed by atoms with van der Waals surface area (Å²) >= 11 is 0. The Morgan fingerprint density at radius 2 is 1.72 bits per heavy atom. The number of unbranched alkanes of at least 4 members (excludes halogenated alkanes) is 2. The van der Waals surface area contributed by atoms with Gasteiger partial charge in [-0.1, -0.05) is 49.6 Å². The lowest BCUT2D eigenvalue weighted by Gasteiger charge is -2.11. The van der Waals surface area contributed by atoms with Gasteiger partial charge in [0.05, 0.1) is 5.69 Å². The maximum absolute atomic E-state index is 13.1. The molecule has 32 heavy (non-hydrogen) atoms. The van der Waals surface area contributed by atoms with E-state index in [1.807, 2.05) is 6.07 Å². The number of aromatic amines is 2. The van der Waals surface area contributed by atoms with E-state index in [0.29, 0.717) is 42.9 Å². The monoisotopic (exact) mass is 434 g/mol. The van der Waals surface area contributed by atoms with Crippen LogP contribution in [0.3, 0.4) is 0 Å². The van der Waals surface area contributed by atoms with Gasteiger partial charge in [-0.3, -0.25) is 19.0 Å². The summed E-state index contributed by atoms with van der Waals surface area (Å²) in [6.45, 7) is 6.89. The van der Waals surface area contributed by atoms with E-state index in [2.05, 4.69) is 58.3 Å². The molecule has 3 heterocycles. The molecule has 0 radical (unpaired) electrons. The van der Waals surface area contributed by atoms with Crippen LogP contribution < -0.4 is 11.2 Å². The van der Waals surface area contributed by atoms with Gasteiger partial charge in [0.2, 0.25) is 0 Å². The third-order valence-electron chi connectivity index (χ3n) is 5.77. The molecule has 0 aliphatic rings. The van der Waals surface area contributed by atoms with Crippen LogP contribution in [0.5, 0.6) is 0 Å². The molecule has 0 amide bonds. The number of fused-ring (bicyclic) bond motifs is 1. The number of rotatable bonds is 9. The number of nitrogens with one attached hydrogen (secondary N) is 2. The molecule has 0 atom stereocenters. The largest absolute Gasteiger partial charge is 0.336 e.